The summed E-state index contributed by atoms with van der Waals surface area (Å²) in [6.45, 7) is 9.67. The molecule has 1 aromatic carbocycles. The van der Waals surface area contributed by atoms with Gasteiger partial charge < -0.3 is 20.2 Å². The van der Waals surface area contributed by atoms with Crippen molar-refractivity contribution in [1.29, 1.82) is 0 Å². The number of carbonyl (C=O) groups is 2. The first-order chi connectivity index (χ1) is 18.2. The minimum absolute atomic E-state index is 0.0396. The Hall–Kier alpha value is -2.89. The number of hydrogen-bond acceptors (Lipinski definition) is 7. The lowest BCUT2D eigenvalue weighted by Gasteiger charge is -2.41. The quantitative estimate of drug-likeness (QED) is 0.552. The zero-order valence-corrected chi connectivity index (χ0v) is 22.6. The van der Waals surface area contributed by atoms with E-state index in [2.05, 4.69) is 15.1 Å². The Kier molecular flexibility index (Phi) is 7.78. The number of aromatic nitrogens is 2. The van der Waals surface area contributed by atoms with E-state index in [4.69, 9.17) is 4.84 Å². The van der Waals surface area contributed by atoms with E-state index in [1.54, 1.807) is 17.6 Å². The normalized spacial score (nSPS) is 25.2. The maximum Gasteiger partial charge on any atom is 0.432 e. The number of fused-ring (bicyclic) bond motifs is 3. The van der Waals surface area contributed by atoms with Gasteiger partial charge >= 0.3 is 11.8 Å². The number of aliphatic hydroxyl groups is 1. The second-order valence-corrected chi connectivity index (χ2v) is 11.3. The molecular weight excluding hydrogens is 488 g/mol. The van der Waals surface area contributed by atoms with Gasteiger partial charge in [0.15, 0.2) is 0 Å². The van der Waals surface area contributed by atoms with E-state index in [0.717, 1.165) is 49.0 Å². The number of amides is 2. The van der Waals surface area contributed by atoms with Crippen LogP contribution in [0.2, 0.25) is 0 Å². The summed E-state index contributed by atoms with van der Waals surface area (Å²) in [6, 6.07) is 7.79. The molecule has 11 nitrogen and oxygen atoms in total. The lowest BCUT2D eigenvalue weighted by Crippen LogP contribution is -2.55. The van der Waals surface area contributed by atoms with Crippen molar-refractivity contribution >= 4 is 23.0 Å². The number of imidazole rings is 1. The highest BCUT2D eigenvalue weighted by Gasteiger charge is 2.42. The fraction of sp³-hybridized carbons (Fsp3) is 0.667. The topological polar surface area (TPSA) is 112 Å². The molecule has 1 aromatic heterocycles. The Balaban J connectivity index is 1.14. The van der Waals surface area contributed by atoms with Gasteiger partial charge in [0.2, 0.25) is 5.91 Å². The van der Waals surface area contributed by atoms with Gasteiger partial charge in [0, 0.05) is 70.4 Å². The van der Waals surface area contributed by atoms with E-state index in [-0.39, 0.29) is 23.7 Å². The Morgan fingerprint density at radius 3 is 2.26 bits per heavy atom. The van der Waals surface area contributed by atoms with Crippen LogP contribution in [0.4, 0.5) is 4.79 Å². The number of piperazine rings is 1. The lowest BCUT2D eigenvalue weighted by atomic mass is 9.97. The fourth-order valence-corrected chi connectivity index (χ4v) is 6.54. The van der Waals surface area contributed by atoms with Gasteiger partial charge in [0.1, 0.15) is 5.52 Å². The summed E-state index contributed by atoms with van der Waals surface area (Å²) >= 11 is 0. The van der Waals surface area contributed by atoms with Crippen molar-refractivity contribution in [1.82, 2.24) is 29.3 Å². The smallest absolute Gasteiger partial charge is 0.390 e. The number of benzene rings is 1. The molecule has 0 radical (unpaired) electrons. The largest absolute Gasteiger partial charge is 0.432 e. The van der Waals surface area contributed by atoms with Crippen LogP contribution >= 0.6 is 0 Å². The van der Waals surface area contributed by atoms with Gasteiger partial charge in [0.25, 0.3) is 0 Å². The molecule has 2 bridgehead atoms. The first-order valence-electron chi connectivity index (χ1n) is 13.8. The number of rotatable bonds is 7. The molecule has 2 aromatic rings. The van der Waals surface area contributed by atoms with E-state index >= 15 is 0 Å². The van der Waals surface area contributed by atoms with E-state index in [9.17, 15) is 19.5 Å². The van der Waals surface area contributed by atoms with E-state index in [1.165, 1.54) is 0 Å². The molecule has 11 heteroatoms. The van der Waals surface area contributed by atoms with Crippen LogP contribution in [0.3, 0.4) is 0 Å². The second kappa shape index (κ2) is 11.1. The van der Waals surface area contributed by atoms with Crippen molar-refractivity contribution in [2.24, 2.45) is 0 Å². The third kappa shape index (κ3) is 5.45. The van der Waals surface area contributed by atoms with E-state index in [0.29, 0.717) is 43.8 Å². The number of nitrogens with one attached hydrogen (secondary N) is 1. The monoisotopic (exact) mass is 528 g/mol. The van der Waals surface area contributed by atoms with Crippen molar-refractivity contribution in [3.63, 3.8) is 0 Å². The number of piperidine rings is 1. The highest BCUT2D eigenvalue weighted by molar-refractivity contribution is 5.77. The standard InChI is InChI=1S/C27H40N6O5/c1-18(2)32-24-6-4-5-7-25(24)33(27(32)37)38-26(36)28-20-14-21-8-9-22(15-20)31(21)17-23(35)16-29-10-12-30(13-11-29)19(3)34/h4-7,18,20-23,35H,8-17H2,1-3H3,(H,28,36)/t20-,21-,22+,23-/m1/s1. The molecule has 4 atom stereocenters. The Morgan fingerprint density at radius 2 is 1.66 bits per heavy atom. The first-order valence-corrected chi connectivity index (χ1v) is 13.8. The van der Waals surface area contributed by atoms with Crippen LogP contribution in [0.25, 0.3) is 11.0 Å². The summed E-state index contributed by atoms with van der Waals surface area (Å²) in [5.41, 5.74) is 0.918. The highest BCUT2D eigenvalue weighted by atomic mass is 16.7. The van der Waals surface area contributed by atoms with Crippen LogP contribution in [-0.2, 0) is 4.79 Å². The summed E-state index contributed by atoms with van der Waals surface area (Å²) in [6.07, 6.45) is 2.59. The van der Waals surface area contributed by atoms with Crippen LogP contribution in [0.1, 0.15) is 52.5 Å². The SMILES string of the molecule is CC(=O)N1CCN(C[C@@H](O)CN2[C@@H]3CC[C@H]2C[C@H](NC(=O)On2c(=O)n(C(C)C)c4ccccc42)C3)CC1. The number of hydrogen-bond donors (Lipinski definition) is 2. The Morgan fingerprint density at radius 1 is 1.03 bits per heavy atom. The molecule has 5 rings (SSSR count). The molecule has 2 N–H and O–H groups in total. The zero-order valence-electron chi connectivity index (χ0n) is 22.6. The summed E-state index contributed by atoms with van der Waals surface area (Å²) in [5, 5.41) is 13.8. The Labute approximate surface area is 222 Å². The summed E-state index contributed by atoms with van der Waals surface area (Å²) < 4.78 is 2.71. The highest BCUT2D eigenvalue weighted by Crippen LogP contribution is 2.35. The maximum absolute atomic E-state index is 13.0. The third-order valence-electron chi connectivity index (χ3n) is 8.34. The minimum atomic E-state index is -0.624. The van der Waals surface area contributed by atoms with Crippen molar-refractivity contribution < 1.29 is 19.5 Å². The average molecular weight is 529 g/mol. The van der Waals surface area contributed by atoms with Gasteiger partial charge in [-0.1, -0.05) is 12.1 Å². The van der Waals surface area contributed by atoms with Crippen molar-refractivity contribution in [3.8, 4) is 0 Å². The first kappa shape index (κ1) is 26.7. The van der Waals surface area contributed by atoms with Crippen LogP contribution in [0.15, 0.2) is 29.1 Å². The predicted octanol–water partition coefficient (Wildman–Crippen LogP) is 1.04. The number of aliphatic hydroxyl groups excluding tert-OH is 1. The van der Waals surface area contributed by atoms with Crippen LogP contribution in [0, 0.1) is 0 Å². The molecule has 3 saturated heterocycles. The van der Waals surface area contributed by atoms with Gasteiger partial charge in [0.05, 0.1) is 11.6 Å². The molecule has 0 aliphatic carbocycles. The number of para-hydroxylation sites is 2. The van der Waals surface area contributed by atoms with Crippen LogP contribution < -0.4 is 15.8 Å². The van der Waals surface area contributed by atoms with Gasteiger partial charge in [-0.25, -0.2) is 9.59 Å². The van der Waals surface area contributed by atoms with Crippen molar-refractivity contribution in [2.45, 2.75) is 76.7 Å². The van der Waals surface area contributed by atoms with Crippen molar-refractivity contribution in [2.75, 3.05) is 39.3 Å². The predicted molar refractivity (Wildman–Crippen MR) is 143 cm³/mol. The molecule has 3 fully saturated rings. The minimum Gasteiger partial charge on any atom is -0.390 e. The average Bonchev–Trinajstić information content (AvgIpc) is 3.27. The number of carbonyl (C=O) groups excluding carboxylic acids is 2. The molecule has 3 aliphatic rings. The van der Waals surface area contributed by atoms with Gasteiger partial charge in [-0.05, 0) is 51.7 Å². The van der Waals surface area contributed by atoms with E-state index < -0.39 is 12.2 Å². The van der Waals surface area contributed by atoms with Gasteiger partial charge in [-0.2, -0.15) is 0 Å². The molecule has 0 saturated carbocycles. The van der Waals surface area contributed by atoms with Gasteiger partial charge in [-0.15, -0.1) is 4.73 Å². The zero-order chi connectivity index (χ0) is 27.0. The second-order valence-electron chi connectivity index (χ2n) is 11.3. The molecule has 208 valence electrons. The molecule has 2 amide bonds. The lowest BCUT2D eigenvalue weighted by molar-refractivity contribution is -0.130. The molecular formula is C27H40N6O5. The number of nitrogens with zero attached hydrogens (tertiary/aromatic N) is 5. The summed E-state index contributed by atoms with van der Waals surface area (Å²) in [5.74, 6) is 0.108. The fourth-order valence-electron chi connectivity index (χ4n) is 6.54. The van der Waals surface area contributed by atoms with E-state index in [1.807, 2.05) is 36.9 Å². The van der Waals surface area contributed by atoms with Gasteiger partial charge in [-0.3, -0.25) is 19.2 Å². The maximum atomic E-state index is 13.0. The summed E-state index contributed by atoms with van der Waals surface area (Å²) in [7, 11) is 0. The molecule has 0 unspecified atom stereocenters. The molecule has 4 heterocycles. The molecule has 3 aliphatic heterocycles. The summed E-state index contributed by atoms with van der Waals surface area (Å²) in [4.78, 5) is 49.4. The Bertz CT molecular complexity index is 1200. The molecule has 0 spiro atoms. The number of β-amino-alcohol motifs (C(OH)–C–C–N with tert-alkyl or cyclic N) is 1. The molecule has 38 heavy (non-hydrogen) atoms. The van der Waals surface area contributed by atoms with Crippen LogP contribution in [0.5, 0.6) is 0 Å². The van der Waals surface area contributed by atoms with Crippen molar-refractivity contribution in [3.05, 3.63) is 34.7 Å². The van der Waals surface area contributed by atoms with Crippen LogP contribution in [-0.4, -0.2) is 105 Å². The third-order valence-corrected chi connectivity index (χ3v) is 8.34.